The highest BCUT2D eigenvalue weighted by atomic mass is 35.5. The first kappa shape index (κ1) is 22.8. The average molecular weight is 448 g/mol. The van der Waals surface area contributed by atoms with E-state index in [-0.39, 0.29) is 34.7 Å². The van der Waals surface area contributed by atoms with Crippen molar-refractivity contribution in [3.8, 4) is 5.75 Å². The van der Waals surface area contributed by atoms with E-state index in [2.05, 4.69) is 0 Å². The number of rotatable bonds is 8. The topological polar surface area (TPSA) is 88.8 Å². The quantitative estimate of drug-likeness (QED) is 0.533. The molecule has 0 radical (unpaired) electrons. The van der Waals surface area contributed by atoms with Crippen molar-refractivity contribution in [2.45, 2.75) is 32.7 Å². The fourth-order valence-corrected chi connectivity index (χ4v) is 3.95. The second-order valence-electron chi connectivity index (χ2n) is 7.07. The van der Waals surface area contributed by atoms with Gasteiger partial charge in [0.15, 0.2) is 0 Å². The molecule has 1 aromatic heterocycles. The summed E-state index contributed by atoms with van der Waals surface area (Å²) in [7, 11) is 0. The van der Waals surface area contributed by atoms with Crippen LogP contribution >= 0.6 is 11.6 Å². The zero-order valence-corrected chi connectivity index (χ0v) is 17.9. The van der Waals surface area contributed by atoms with Crippen molar-refractivity contribution in [3.63, 3.8) is 0 Å². The lowest BCUT2D eigenvalue weighted by molar-refractivity contribution is 0.0692. The van der Waals surface area contributed by atoms with Crippen molar-refractivity contribution in [2.75, 3.05) is 13.2 Å². The second kappa shape index (κ2) is 9.49. The Morgan fingerprint density at radius 1 is 1.26 bits per heavy atom. The van der Waals surface area contributed by atoms with Crippen LogP contribution in [0.2, 0.25) is 5.02 Å². The average Bonchev–Trinajstić information content (AvgIpc) is 2.74. The van der Waals surface area contributed by atoms with Gasteiger partial charge in [-0.2, -0.15) is 0 Å². The van der Waals surface area contributed by atoms with Crippen LogP contribution in [0.25, 0.3) is 10.9 Å². The van der Waals surface area contributed by atoms with Crippen molar-refractivity contribution in [2.24, 2.45) is 0 Å². The SMILES string of the molecule is CCOc1ccc2c(=O)c(C(=O)O)c(Cc3cccc(Cl)c3F)n(C(CC)CO)c2c1. The standard InChI is InChI=1S/C23H23ClFNO5/c1-3-14(12-27)26-18-11-15(31-4-2)8-9-16(18)22(28)20(23(29)30)19(26)10-13-6-5-7-17(24)21(13)25/h5-9,11,14,27H,3-4,10,12H2,1-2H3,(H,29,30). The molecule has 0 fully saturated rings. The van der Waals surface area contributed by atoms with E-state index in [1.165, 1.54) is 18.2 Å². The summed E-state index contributed by atoms with van der Waals surface area (Å²) in [6, 6.07) is 8.66. The minimum Gasteiger partial charge on any atom is -0.494 e. The van der Waals surface area contributed by atoms with Gasteiger partial charge in [-0.3, -0.25) is 4.79 Å². The summed E-state index contributed by atoms with van der Waals surface area (Å²) < 4.78 is 21.8. The number of hydrogen-bond donors (Lipinski definition) is 2. The number of fused-ring (bicyclic) bond motifs is 1. The van der Waals surface area contributed by atoms with E-state index >= 15 is 0 Å². The molecule has 8 heteroatoms. The molecular formula is C23H23ClFNO5. The van der Waals surface area contributed by atoms with Crippen LogP contribution < -0.4 is 10.2 Å². The summed E-state index contributed by atoms with van der Waals surface area (Å²) in [4.78, 5) is 25.3. The lowest BCUT2D eigenvalue weighted by Gasteiger charge is -2.26. The number of carbonyl (C=O) groups is 1. The molecule has 31 heavy (non-hydrogen) atoms. The van der Waals surface area contributed by atoms with Gasteiger partial charge in [0.25, 0.3) is 0 Å². The molecule has 0 aliphatic rings. The number of aliphatic hydroxyl groups is 1. The smallest absolute Gasteiger partial charge is 0.341 e. The van der Waals surface area contributed by atoms with E-state index in [1.54, 1.807) is 22.8 Å². The molecule has 1 unspecified atom stereocenters. The van der Waals surface area contributed by atoms with Crippen molar-refractivity contribution < 1.29 is 24.1 Å². The zero-order valence-electron chi connectivity index (χ0n) is 17.2. The van der Waals surface area contributed by atoms with Gasteiger partial charge in [0.2, 0.25) is 5.43 Å². The maximum Gasteiger partial charge on any atom is 0.341 e. The summed E-state index contributed by atoms with van der Waals surface area (Å²) in [6.45, 7) is 3.76. The molecule has 0 amide bonds. The Morgan fingerprint density at radius 3 is 2.61 bits per heavy atom. The molecule has 1 atom stereocenters. The Morgan fingerprint density at radius 2 is 2.00 bits per heavy atom. The minimum atomic E-state index is -1.42. The summed E-state index contributed by atoms with van der Waals surface area (Å²) in [5.41, 5.74) is -0.466. The fraction of sp³-hybridized carbons (Fsp3) is 0.304. The molecule has 3 aromatic rings. The number of halogens is 2. The third-order valence-corrected chi connectivity index (χ3v) is 5.53. The van der Waals surface area contributed by atoms with Crippen molar-refractivity contribution in [1.29, 1.82) is 0 Å². The van der Waals surface area contributed by atoms with Crippen LogP contribution in [0.4, 0.5) is 4.39 Å². The van der Waals surface area contributed by atoms with Gasteiger partial charge in [-0.15, -0.1) is 0 Å². The fourth-order valence-electron chi connectivity index (χ4n) is 3.76. The first-order chi connectivity index (χ1) is 14.8. The number of carboxylic acids is 1. The van der Waals surface area contributed by atoms with Crippen molar-refractivity contribution in [3.05, 3.63) is 74.3 Å². The Bertz CT molecular complexity index is 1190. The van der Waals surface area contributed by atoms with Gasteiger partial charge in [0.05, 0.1) is 29.8 Å². The number of nitrogens with zero attached hydrogens (tertiary/aromatic N) is 1. The number of pyridine rings is 1. The maximum absolute atomic E-state index is 14.7. The van der Waals surface area contributed by atoms with E-state index in [1.807, 2.05) is 13.8 Å². The first-order valence-corrected chi connectivity index (χ1v) is 10.3. The first-order valence-electron chi connectivity index (χ1n) is 9.94. The molecule has 3 rings (SSSR count). The highest BCUT2D eigenvalue weighted by molar-refractivity contribution is 6.30. The van der Waals surface area contributed by atoms with Crippen LogP contribution in [0.3, 0.4) is 0 Å². The molecule has 0 aliphatic heterocycles. The molecule has 1 heterocycles. The summed E-state index contributed by atoms with van der Waals surface area (Å²) in [6.07, 6.45) is 0.270. The minimum absolute atomic E-state index is 0.0979. The van der Waals surface area contributed by atoms with Crippen LogP contribution in [0.5, 0.6) is 5.75 Å². The summed E-state index contributed by atoms with van der Waals surface area (Å²) in [5, 5.41) is 20.0. The Labute approximate surface area is 183 Å². The molecule has 0 saturated heterocycles. The largest absolute Gasteiger partial charge is 0.494 e. The molecule has 2 N–H and O–H groups in total. The van der Waals surface area contributed by atoms with Gasteiger partial charge in [-0.1, -0.05) is 30.7 Å². The van der Waals surface area contributed by atoms with Gasteiger partial charge >= 0.3 is 5.97 Å². The molecule has 164 valence electrons. The Hall–Kier alpha value is -2.90. The van der Waals surface area contributed by atoms with Crippen LogP contribution in [0.15, 0.2) is 41.2 Å². The third kappa shape index (κ3) is 4.29. The monoisotopic (exact) mass is 447 g/mol. The van der Waals surface area contributed by atoms with E-state index in [0.717, 1.165) is 0 Å². The van der Waals surface area contributed by atoms with Crippen LogP contribution in [-0.4, -0.2) is 34.0 Å². The number of carboxylic acid groups (broad SMARTS) is 1. The number of hydrogen-bond acceptors (Lipinski definition) is 4. The van der Waals surface area contributed by atoms with E-state index in [0.29, 0.717) is 24.3 Å². The maximum atomic E-state index is 14.7. The molecule has 2 aromatic carbocycles. The number of aliphatic hydroxyl groups excluding tert-OH is 1. The lowest BCUT2D eigenvalue weighted by atomic mass is 9.99. The Balaban J connectivity index is 2.44. The molecule has 6 nitrogen and oxygen atoms in total. The van der Waals surface area contributed by atoms with Crippen LogP contribution in [0, 0.1) is 5.82 Å². The number of benzene rings is 2. The van der Waals surface area contributed by atoms with Crippen molar-refractivity contribution >= 4 is 28.5 Å². The van der Waals surface area contributed by atoms with Crippen molar-refractivity contribution in [1.82, 2.24) is 4.57 Å². The number of aromatic carboxylic acids is 1. The summed E-state index contributed by atoms with van der Waals surface area (Å²) in [5.74, 6) is -1.60. The molecule has 0 aliphatic carbocycles. The van der Waals surface area contributed by atoms with E-state index in [9.17, 15) is 24.2 Å². The highest BCUT2D eigenvalue weighted by Gasteiger charge is 2.26. The molecule has 0 saturated carbocycles. The molecule has 0 bridgehead atoms. The van der Waals surface area contributed by atoms with E-state index in [4.69, 9.17) is 16.3 Å². The second-order valence-corrected chi connectivity index (χ2v) is 7.48. The van der Waals surface area contributed by atoms with Gasteiger partial charge in [0, 0.05) is 23.6 Å². The third-order valence-electron chi connectivity index (χ3n) is 5.24. The van der Waals surface area contributed by atoms with E-state index < -0.39 is 28.8 Å². The lowest BCUT2D eigenvalue weighted by Crippen LogP contribution is -2.28. The van der Waals surface area contributed by atoms with Gasteiger partial charge in [-0.05, 0) is 37.1 Å². The van der Waals surface area contributed by atoms with Gasteiger partial charge < -0.3 is 19.5 Å². The highest BCUT2D eigenvalue weighted by Crippen LogP contribution is 2.29. The number of ether oxygens (including phenoxy) is 1. The molecule has 0 spiro atoms. The van der Waals surface area contributed by atoms with Gasteiger partial charge in [-0.25, -0.2) is 9.18 Å². The summed E-state index contributed by atoms with van der Waals surface area (Å²) >= 11 is 5.90. The van der Waals surface area contributed by atoms with Gasteiger partial charge in [0.1, 0.15) is 17.1 Å². The normalized spacial score (nSPS) is 12.2. The predicted octanol–water partition coefficient (Wildman–Crippen LogP) is 4.43. The Kier molecular flexibility index (Phi) is 6.97. The predicted molar refractivity (Wildman–Crippen MR) is 117 cm³/mol. The molecular weight excluding hydrogens is 425 g/mol. The van der Waals surface area contributed by atoms with Crippen LogP contribution in [-0.2, 0) is 6.42 Å². The number of aromatic nitrogens is 1. The zero-order chi connectivity index (χ0) is 22.7. The van der Waals surface area contributed by atoms with Crippen LogP contribution in [0.1, 0.15) is 47.9 Å².